The Morgan fingerprint density at radius 2 is 1.86 bits per heavy atom. The minimum Gasteiger partial charge on any atom is -0.481 e. The number of methoxy groups -OCH3 is 1. The first kappa shape index (κ1) is 20.6. The van der Waals surface area contributed by atoms with Gasteiger partial charge in [0.2, 0.25) is 5.78 Å². The van der Waals surface area contributed by atoms with Crippen molar-refractivity contribution in [2.75, 3.05) is 7.11 Å². The van der Waals surface area contributed by atoms with Crippen LogP contribution in [0.25, 0.3) is 11.0 Å². The largest absolute Gasteiger partial charge is 0.481 e. The molecule has 150 valence electrons. The molecule has 0 bridgehead atoms. The molecule has 0 saturated carbocycles. The van der Waals surface area contributed by atoms with Gasteiger partial charge in [-0.15, -0.1) is 0 Å². The average molecular weight is 415 g/mol. The fourth-order valence-electron chi connectivity index (χ4n) is 2.98. The van der Waals surface area contributed by atoms with Crippen molar-refractivity contribution in [3.63, 3.8) is 0 Å². The number of ketones is 1. The fraction of sp³-hybridized carbons (Fsp3) is 0.227. The van der Waals surface area contributed by atoms with Crippen LogP contribution >= 0.6 is 11.6 Å². The van der Waals surface area contributed by atoms with E-state index < -0.39 is 17.7 Å². The van der Waals surface area contributed by atoms with Crippen molar-refractivity contribution < 1.29 is 23.5 Å². The van der Waals surface area contributed by atoms with Crippen LogP contribution in [0.15, 0.2) is 51.7 Å². The summed E-state index contributed by atoms with van der Waals surface area (Å²) in [6, 6.07) is 11.8. The van der Waals surface area contributed by atoms with E-state index in [1.807, 2.05) is 6.07 Å². The number of ether oxygens (including phenoxy) is 2. The van der Waals surface area contributed by atoms with Crippen molar-refractivity contribution in [2.24, 2.45) is 0 Å². The predicted octanol–water partition coefficient (Wildman–Crippen LogP) is 4.12. The fourth-order valence-corrected chi connectivity index (χ4v) is 3.19. The lowest BCUT2D eigenvalue weighted by Gasteiger charge is -2.16. The number of hydrogen-bond donors (Lipinski definition) is 0. The summed E-state index contributed by atoms with van der Waals surface area (Å²) >= 11 is 6.35. The van der Waals surface area contributed by atoms with E-state index >= 15 is 0 Å². The van der Waals surface area contributed by atoms with Gasteiger partial charge in [0.1, 0.15) is 11.3 Å². The quantitative estimate of drug-likeness (QED) is 0.343. The highest BCUT2D eigenvalue weighted by Crippen LogP contribution is 2.33. The maximum Gasteiger partial charge on any atom is 0.340 e. The highest BCUT2D eigenvalue weighted by Gasteiger charge is 2.20. The Morgan fingerprint density at radius 1 is 1.17 bits per heavy atom. The second kappa shape index (κ2) is 8.49. The molecule has 3 rings (SSSR count). The van der Waals surface area contributed by atoms with Crippen LogP contribution in [0.4, 0.5) is 0 Å². The summed E-state index contributed by atoms with van der Waals surface area (Å²) in [7, 11) is 1.25. The molecule has 6 nitrogen and oxygen atoms in total. The standard InChI is InChI=1S/C22H19ClO6/c1-12-15-9-17(23)19(28-13(2)21(25)14-7-5-4-6-8-14)11-18(15)29-22(26)16(12)10-20(24)27-3/h4-9,11,13H,10H2,1-3H3. The molecule has 29 heavy (non-hydrogen) atoms. The first-order valence-electron chi connectivity index (χ1n) is 8.90. The second-order valence-corrected chi connectivity index (χ2v) is 6.92. The maximum absolute atomic E-state index is 12.5. The zero-order valence-corrected chi connectivity index (χ0v) is 16.9. The third-order valence-electron chi connectivity index (χ3n) is 4.62. The van der Waals surface area contributed by atoms with Crippen LogP contribution in [0.2, 0.25) is 5.02 Å². The van der Waals surface area contributed by atoms with Gasteiger partial charge in [-0.05, 0) is 25.5 Å². The first-order valence-corrected chi connectivity index (χ1v) is 9.28. The monoisotopic (exact) mass is 414 g/mol. The molecule has 7 heteroatoms. The Bertz CT molecular complexity index is 1130. The van der Waals surface area contributed by atoms with E-state index in [0.29, 0.717) is 16.5 Å². The molecule has 0 radical (unpaired) electrons. The summed E-state index contributed by atoms with van der Waals surface area (Å²) in [6.07, 6.45) is -0.988. The van der Waals surface area contributed by atoms with Gasteiger partial charge in [0.15, 0.2) is 6.10 Å². The van der Waals surface area contributed by atoms with Crippen LogP contribution in [-0.2, 0) is 16.0 Å². The SMILES string of the molecule is COC(=O)Cc1c(C)c2cc(Cl)c(OC(C)C(=O)c3ccccc3)cc2oc1=O. The average Bonchev–Trinajstić information content (AvgIpc) is 2.72. The molecular weight excluding hydrogens is 396 g/mol. The van der Waals surface area contributed by atoms with Gasteiger partial charge >= 0.3 is 11.6 Å². The van der Waals surface area contributed by atoms with Crippen molar-refractivity contribution in [2.45, 2.75) is 26.4 Å². The normalized spacial score (nSPS) is 11.9. The van der Waals surface area contributed by atoms with E-state index in [1.165, 1.54) is 13.2 Å². The number of carbonyl (C=O) groups excluding carboxylic acids is 2. The zero-order valence-electron chi connectivity index (χ0n) is 16.2. The van der Waals surface area contributed by atoms with Gasteiger partial charge in [-0.3, -0.25) is 9.59 Å². The van der Waals surface area contributed by atoms with E-state index in [2.05, 4.69) is 4.74 Å². The molecule has 0 N–H and O–H groups in total. The third-order valence-corrected chi connectivity index (χ3v) is 4.92. The molecule has 0 spiro atoms. The minimum absolute atomic E-state index is 0.195. The Kier molecular flexibility index (Phi) is 6.03. The molecule has 1 aromatic heterocycles. The van der Waals surface area contributed by atoms with Gasteiger partial charge < -0.3 is 13.9 Å². The molecule has 1 heterocycles. The highest BCUT2D eigenvalue weighted by atomic mass is 35.5. The summed E-state index contributed by atoms with van der Waals surface area (Å²) in [6.45, 7) is 3.33. The Morgan fingerprint density at radius 3 is 2.52 bits per heavy atom. The van der Waals surface area contributed by atoms with Gasteiger partial charge in [0.05, 0.1) is 24.1 Å². The molecule has 0 saturated heterocycles. The Balaban J connectivity index is 1.95. The Hall–Kier alpha value is -3.12. The number of benzene rings is 2. The summed E-state index contributed by atoms with van der Waals surface area (Å²) in [4.78, 5) is 36.4. The van der Waals surface area contributed by atoms with E-state index in [4.69, 9.17) is 20.8 Å². The van der Waals surface area contributed by atoms with Crippen LogP contribution in [-0.4, -0.2) is 25.0 Å². The van der Waals surface area contributed by atoms with Gasteiger partial charge in [-0.1, -0.05) is 41.9 Å². The topological polar surface area (TPSA) is 82.8 Å². The molecule has 1 atom stereocenters. The summed E-state index contributed by atoms with van der Waals surface area (Å²) in [5.74, 6) is -0.522. The van der Waals surface area contributed by atoms with E-state index in [-0.39, 0.29) is 34.1 Å². The van der Waals surface area contributed by atoms with E-state index in [0.717, 1.165) is 0 Å². The summed E-state index contributed by atoms with van der Waals surface area (Å²) in [5, 5.41) is 0.828. The van der Waals surface area contributed by atoms with Gasteiger partial charge in [0.25, 0.3) is 0 Å². The number of carbonyl (C=O) groups is 2. The molecule has 3 aromatic rings. The van der Waals surface area contributed by atoms with Gasteiger partial charge in [-0.2, -0.15) is 0 Å². The van der Waals surface area contributed by atoms with Crippen LogP contribution in [0, 0.1) is 6.92 Å². The van der Waals surface area contributed by atoms with Crippen LogP contribution in [0.5, 0.6) is 5.75 Å². The number of rotatable bonds is 6. The van der Waals surface area contributed by atoms with Gasteiger partial charge in [0, 0.05) is 17.0 Å². The smallest absolute Gasteiger partial charge is 0.340 e. The molecule has 1 unspecified atom stereocenters. The lowest BCUT2D eigenvalue weighted by molar-refractivity contribution is -0.139. The Labute approximate surface area is 172 Å². The molecule has 0 amide bonds. The number of esters is 1. The van der Waals surface area contributed by atoms with Crippen LogP contribution < -0.4 is 10.4 Å². The predicted molar refractivity (Wildman–Crippen MR) is 109 cm³/mol. The molecule has 0 aliphatic heterocycles. The molecule has 0 fully saturated rings. The zero-order chi connectivity index (χ0) is 21.1. The van der Waals surface area contributed by atoms with Crippen molar-refractivity contribution in [1.29, 1.82) is 0 Å². The van der Waals surface area contributed by atoms with Crippen LogP contribution in [0.3, 0.4) is 0 Å². The summed E-state index contributed by atoms with van der Waals surface area (Å²) < 4.78 is 15.7. The van der Waals surface area contributed by atoms with E-state index in [9.17, 15) is 14.4 Å². The third kappa shape index (κ3) is 4.32. The lowest BCUT2D eigenvalue weighted by Crippen LogP contribution is -2.24. The molecule has 0 aliphatic carbocycles. The molecule has 0 aliphatic rings. The number of halogens is 1. The second-order valence-electron chi connectivity index (χ2n) is 6.52. The van der Waals surface area contributed by atoms with Crippen molar-refractivity contribution in [1.82, 2.24) is 0 Å². The van der Waals surface area contributed by atoms with E-state index in [1.54, 1.807) is 44.2 Å². The lowest BCUT2D eigenvalue weighted by atomic mass is 10.0. The highest BCUT2D eigenvalue weighted by molar-refractivity contribution is 6.32. The number of fused-ring (bicyclic) bond motifs is 1. The molecular formula is C22H19ClO6. The van der Waals surface area contributed by atoms with Crippen LogP contribution in [0.1, 0.15) is 28.4 Å². The first-order chi connectivity index (χ1) is 13.8. The van der Waals surface area contributed by atoms with Gasteiger partial charge in [-0.25, -0.2) is 4.79 Å². The van der Waals surface area contributed by atoms with Crippen molar-refractivity contribution in [3.05, 3.63) is 74.6 Å². The number of aryl methyl sites for hydroxylation is 1. The van der Waals surface area contributed by atoms with Crippen molar-refractivity contribution >= 4 is 34.3 Å². The number of hydrogen-bond acceptors (Lipinski definition) is 6. The number of Topliss-reactive ketones (excluding diaryl/α,β-unsaturated/α-hetero) is 1. The summed E-state index contributed by atoms with van der Waals surface area (Å²) in [5.41, 5.74) is 0.916. The van der Waals surface area contributed by atoms with Crippen molar-refractivity contribution in [3.8, 4) is 5.75 Å². The minimum atomic E-state index is -0.793. The maximum atomic E-state index is 12.5. The molecule has 2 aromatic carbocycles.